The van der Waals surface area contributed by atoms with Crippen LogP contribution in [0.4, 0.5) is 0 Å². The van der Waals surface area contributed by atoms with Crippen molar-refractivity contribution < 1.29 is 9.90 Å². The third-order valence-corrected chi connectivity index (χ3v) is 5.14. The number of aliphatic hydroxyl groups is 1. The van der Waals surface area contributed by atoms with Crippen molar-refractivity contribution in [3.63, 3.8) is 0 Å². The molecule has 6 heteroatoms. The summed E-state index contributed by atoms with van der Waals surface area (Å²) < 4.78 is 1.82. The molecular formula is C18H22ClN3O2. The van der Waals surface area contributed by atoms with Crippen LogP contribution in [0.3, 0.4) is 0 Å². The number of aromatic nitrogens is 2. The van der Waals surface area contributed by atoms with Gasteiger partial charge in [-0.25, -0.2) is 4.98 Å². The molecule has 2 unspecified atom stereocenters. The number of hydrogen-bond acceptors (Lipinski definition) is 3. The molecule has 0 bridgehead atoms. The first kappa shape index (κ1) is 17.0. The fourth-order valence-corrected chi connectivity index (χ4v) is 3.41. The Bertz CT molecular complexity index is 744. The van der Waals surface area contributed by atoms with Gasteiger partial charge in [0.1, 0.15) is 11.9 Å². The molecule has 5 nitrogen and oxygen atoms in total. The van der Waals surface area contributed by atoms with E-state index in [0.717, 1.165) is 18.4 Å². The van der Waals surface area contributed by atoms with Gasteiger partial charge in [-0.15, -0.1) is 0 Å². The van der Waals surface area contributed by atoms with E-state index in [9.17, 15) is 9.90 Å². The lowest BCUT2D eigenvalue weighted by Crippen LogP contribution is -2.42. The lowest BCUT2D eigenvalue weighted by Gasteiger charge is -2.35. The Balaban J connectivity index is 1.74. The fraction of sp³-hybridized carbons (Fsp3) is 0.444. The van der Waals surface area contributed by atoms with Gasteiger partial charge in [-0.1, -0.05) is 17.7 Å². The average Bonchev–Trinajstić information content (AvgIpc) is 3.02. The molecule has 1 amide bonds. The SMILES string of the molecule is Cc1ccc(C(=O)N2CCCC(C(O)c3nccn3C)C2)cc1Cl. The van der Waals surface area contributed by atoms with E-state index in [1.54, 1.807) is 17.2 Å². The predicted molar refractivity (Wildman–Crippen MR) is 93.0 cm³/mol. The van der Waals surface area contributed by atoms with Gasteiger partial charge in [0.15, 0.2) is 0 Å². The number of imidazole rings is 1. The number of likely N-dealkylation sites (tertiary alicyclic amines) is 1. The Hall–Kier alpha value is -1.85. The molecule has 0 spiro atoms. The molecule has 128 valence electrons. The number of nitrogens with zero attached hydrogens (tertiary/aromatic N) is 3. The molecule has 1 N–H and O–H groups in total. The summed E-state index contributed by atoms with van der Waals surface area (Å²) in [6.07, 6.45) is 4.59. The topological polar surface area (TPSA) is 58.4 Å². The Kier molecular flexibility index (Phi) is 4.92. The third-order valence-electron chi connectivity index (χ3n) is 4.73. The van der Waals surface area contributed by atoms with Crippen LogP contribution in [0.15, 0.2) is 30.6 Å². The number of amides is 1. The van der Waals surface area contributed by atoms with E-state index in [4.69, 9.17) is 11.6 Å². The van der Waals surface area contributed by atoms with Crippen LogP contribution in [0.1, 0.15) is 40.7 Å². The Morgan fingerprint density at radius 2 is 2.25 bits per heavy atom. The molecule has 2 aromatic rings. The Labute approximate surface area is 146 Å². The molecule has 3 rings (SSSR count). The van der Waals surface area contributed by atoms with Crippen molar-refractivity contribution in [2.75, 3.05) is 13.1 Å². The zero-order chi connectivity index (χ0) is 17.3. The molecule has 0 saturated carbocycles. The molecule has 1 aliphatic rings. The molecular weight excluding hydrogens is 326 g/mol. The lowest BCUT2D eigenvalue weighted by molar-refractivity contribution is 0.0358. The molecule has 2 heterocycles. The van der Waals surface area contributed by atoms with Gasteiger partial charge < -0.3 is 14.6 Å². The standard InChI is InChI=1S/C18H22ClN3O2/c1-12-5-6-13(10-15(12)19)18(24)22-8-3-4-14(11-22)16(23)17-20-7-9-21(17)2/h5-7,9-10,14,16,23H,3-4,8,11H2,1-2H3. The first-order valence-electron chi connectivity index (χ1n) is 8.18. The van der Waals surface area contributed by atoms with Crippen molar-refractivity contribution in [1.29, 1.82) is 0 Å². The normalized spacial score (nSPS) is 19.3. The van der Waals surface area contributed by atoms with Crippen molar-refractivity contribution in [1.82, 2.24) is 14.5 Å². The van der Waals surface area contributed by atoms with Crippen LogP contribution in [-0.2, 0) is 7.05 Å². The van der Waals surface area contributed by atoms with Crippen LogP contribution in [0, 0.1) is 12.8 Å². The summed E-state index contributed by atoms with van der Waals surface area (Å²) in [5.41, 5.74) is 1.55. The summed E-state index contributed by atoms with van der Waals surface area (Å²) in [7, 11) is 1.87. The fourth-order valence-electron chi connectivity index (χ4n) is 3.23. The maximum atomic E-state index is 12.7. The zero-order valence-corrected chi connectivity index (χ0v) is 14.7. The van der Waals surface area contributed by atoms with Gasteiger partial charge >= 0.3 is 0 Å². The van der Waals surface area contributed by atoms with E-state index in [1.165, 1.54) is 0 Å². The highest BCUT2D eigenvalue weighted by Crippen LogP contribution is 2.29. The summed E-state index contributed by atoms with van der Waals surface area (Å²) in [5.74, 6) is 0.603. The molecule has 24 heavy (non-hydrogen) atoms. The molecule has 1 aromatic carbocycles. The summed E-state index contributed by atoms with van der Waals surface area (Å²) in [4.78, 5) is 18.8. The number of carbonyl (C=O) groups is 1. The second kappa shape index (κ2) is 6.95. The minimum atomic E-state index is -0.665. The van der Waals surface area contributed by atoms with Crippen LogP contribution in [0.25, 0.3) is 0 Å². The quantitative estimate of drug-likeness (QED) is 0.928. The van der Waals surface area contributed by atoms with Crippen LogP contribution < -0.4 is 0 Å². The predicted octanol–water partition coefficient (Wildman–Crippen LogP) is 2.97. The number of halogens is 1. The minimum Gasteiger partial charge on any atom is -0.385 e. The molecule has 1 aliphatic heterocycles. The summed E-state index contributed by atoms with van der Waals surface area (Å²) >= 11 is 6.14. The molecule has 2 atom stereocenters. The first-order chi connectivity index (χ1) is 11.5. The monoisotopic (exact) mass is 347 g/mol. The summed E-state index contributed by atoms with van der Waals surface area (Å²) in [5, 5.41) is 11.2. The molecule has 1 saturated heterocycles. The summed E-state index contributed by atoms with van der Waals surface area (Å²) in [6.45, 7) is 3.14. The van der Waals surface area contributed by atoms with Crippen molar-refractivity contribution in [2.24, 2.45) is 13.0 Å². The number of carbonyl (C=O) groups excluding carboxylic acids is 1. The third kappa shape index (κ3) is 3.32. The van der Waals surface area contributed by atoms with Gasteiger partial charge in [-0.2, -0.15) is 0 Å². The van der Waals surface area contributed by atoms with Crippen molar-refractivity contribution >= 4 is 17.5 Å². The lowest BCUT2D eigenvalue weighted by atomic mass is 9.91. The number of aryl methyl sites for hydroxylation is 2. The van der Waals surface area contributed by atoms with Gasteiger partial charge in [0.05, 0.1) is 0 Å². The maximum absolute atomic E-state index is 12.7. The number of benzene rings is 1. The van der Waals surface area contributed by atoms with Crippen molar-refractivity contribution in [3.05, 3.63) is 52.6 Å². The molecule has 0 aliphatic carbocycles. The van der Waals surface area contributed by atoms with Crippen molar-refractivity contribution in [2.45, 2.75) is 25.9 Å². The van der Waals surface area contributed by atoms with E-state index in [2.05, 4.69) is 4.98 Å². The Morgan fingerprint density at radius 3 is 2.92 bits per heavy atom. The maximum Gasteiger partial charge on any atom is 0.253 e. The largest absolute Gasteiger partial charge is 0.385 e. The average molecular weight is 348 g/mol. The smallest absolute Gasteiger partial charge is 0.253 e. The number of hydrogen-bond donors (Lipinski definition) is 1. The highest BCUT2D eigenvalue weighted by Gasteiger charge is 2.31. The van der Waals surface area contributed by atoms with E-state index in [0.29, 0.717) is 29.5 Å². The number of aliphatic hydroxyl groups excluding tert-OH is 1. The van der Waals surface area contributed by atoms with E-state index in [-0.39, 0.29) is 11.8 Å². The van der Waals surface area contributed by atoms with Gasteiger partial charge in [-0.3, -0.25) is 4.79 Å². The van der Waals surface area contributed by atoms with E-state index >= 15 is 0 Å². The van der Waals surface area contributed by atoms with Gasteiger partial charge in [-0.05, 0) is 37.5 Å². The van der Waals surface area contributed by atoms with Gasteiger partial charge in [0.2, 0.25) is 0 Å². The first-order valence-corrected chi connectivity index (χ1v) is 8.56. The van der Waals surface area contributed by atoms with Crippen LogP contribution in [-0.4, -0.2) is 38.6 Å². The van der Waals surface area contributed by atoms with Crippen LogP contribution in [0.5, 0.6) is 0 Å². The van der Waals surface area contributed by atoms with Crippen LogP contribution >= 0.6 is 11.6 Å². The van der Waals surface area contributed by atoms with Gasteiger partial charge in [0, 0.05) is 49.0 Å². The minimum absolute atomic E-state index is 0.00952. The molecule has 1 aromatic heterocycles. The number of piperidine rings is 1. The molecule has 0 radical (unpaired) electrons. The highest BCUT2D eigenvalue weighted by atomic mass is 35.5. The second-order valence-corrected chi connectivity index (χ2v) is 6.87. The zero-order valence-electron chi connectivity index (χ0n) is 13.9. The Morgan fingerprint density at radius 1 is 1.46 bits per heavy atom. The highest BCUT2D eigenvalue weighted by molar-refractivity contribution is 6.31. The van der Waals surface area contributed by atoms with Crippen LogP contribution in [0.2, 0.25) is 5.02 Å². The van der Waals surface area contributed by atoms with Crippen molar-refractivity contribution in [3.8, 4) is 0 Å². The van der Waals surface area contributed by atoms with Gasteiger partial charge in [0.25, 0.3) is 5.91 Å². The van der Waals surface area contributed by atoms with E-state index < -0.39 is 6.10 Å². The van der Waals surface area contributed by atoms with E-state index in [1.807, 2.05) is 36.9 Å². The summed E-state index contributed by atoms with van der Waals surface area (Å²) in [6, 6.07) is 5.39. The second-order valence-electron chi connectivity index (χ2n) is 6.46. The molecule has 1 fully saturated rings. The number of rotatable bonds is 3.